The summed E-state index contributed by atoms with van der Waals surface area (Å²) < 4.78 is 10.6. The Bertz CT molecular complexity index is 977. The molecule has 0 fully saturated rings. The maximum Gasteiger partial charge on any atom is 0.358 e. The lowest BCUT2D eigenvalue weighted by Crippen LogP contribution is -2.20. The summed E-state index contributed by atoms with van der Waals surface area (Å²) >= 11 is 1.20. The lowest BCUT2D eigenvalue weighted by molar-refractivity contribution is 0.0293. The van der Waals surface area contributed by atoms with Crippen LogP contribution in [0.5, 0.6) is 0 Å². The van der Waals surface area contributed by atoms with E-state index >= 15 is 0 Å². The summed E-state index contributed by atoms with van der Waals surface area (Å²) in [6.07, 6.45) is 1.67. The fourth-order valence-corrected chi connectivity index (χ4v) is 3.52. The van der Waals surface area contributed by atoms with Crippen LogP contribution in [0.25, 0.3) is 10.9 Å². The molecule has 7 nitrogen and oxygen atoms in total. The van der Waals surface area contributed by atoms with E-state index in [9.17, 15) is 9.59 Å². The quantitative estimate of drug-likeness (QED) is 0.337. The van der Waals surface area contributed by atoms with Crippen LogP contribution in [0.4, 0.5) is 0 Å². The highest BCUT2D eigenvalue weighted by Crippen LogP contribution is 2.25. The normalized spacial score (nSPS) is 11.3. The summed E-state index contributed by atoms with van der Waals surface area (Å²) in [5.41, 5.74) is 1.60. The number of H-pyrrole nitrogens is 1. The largest absolute Gasteiger partial charge is 0.458 e. The van der Waals surface area contributed by atoms with E-state index in [0.717, 1.165) is 17.4 Å². The zero-order valence-corrected chi connectivity index (χ0v) is 17.0. The van der Waals surface area contributed by atoms with Gasteiger partial charge in [-0.1, -0.05) is 18.2 Å². The summed E-state index contributed by atoms with van der Waals surface area (Å²) in [6.45, 7) is 3.61. The van der Waals surface area contributed by atoms with Crippen molar-refractivity contribution in [3.63, 3.8) is 0 Å². The van der Waals surface area contributed by atoms with Gasteiger partial charge in [0.1, 0.15) is 6.61 Å². The standard InChI is InChI=1S/C20H23N3O4S/c1-13-17(20(25)27-11-10-26-9-8-23(2)3)22-19(28-13)18(24)15-12-21-16-7-5-4-6-14(15)16/h4-7,12,21H,8-11H2,1-3H3. The molecular formula is C20H23N3O4S. The van der Waals surface area contributed by atoms with E-state index in [1.807, 2.05) is 43.3 Å². The maximum absolute atomic E-state index is 12.8. The minimum atomic E-state index is -0.539. The summed E-state index contributed by atoms with van der Waals surface area (Å²) in [7, 11) is 3.92. The Morgan fingerprint density at radius 1 is 1.18 bits per heavy atom. The number of carbonyl (C=O) groups is 2. The molecular weight excluding hydrogens is 378 g/mol. The number of ether oxygens (including phenoxy) is 2. The number of likely N-dealkylation sites (N-methyl/N-ethyl adjacent to an activating group) is 1. The van der Waals surface area contributed by atoms with Crippen LogP contribution >= 0.6 is 11.3 Å². The lowest BCUT2D eigenvalue weighted by Gasteiger charge is -2.09. The first-order valence-corrected chi connectivity index (χ1v) is 9.77. The number of nitrogens with one attached hydrogen (secondary N) is 1. The molecule has 0 radical (unpaired) electrons. The van der Waals surface area contributed by atoms with Gasteiger partial charge >= 0.3 is 5.97 Å². The topological polar surface area (TPSA) is 84.5 Å². The molecule has 2 heterocycles. The van der Waals surface area contributed by atoms with Crippen molar-refractivity contribution < 1.29 is 19.1 Å². The molecule has 0 atom stereocenters. The number of nitrogens with zero attached hydrogens (tertiary/aromatic N) is 2. The molecule has 0 aliphatic rings. The fraction of sp³-hybridized carbons (Fsp3) is 0.350. The van der Waals surface area contributed by atoms with Gasteiger partial charge in [0.15, 0.2) is 10.7 Å². The van der Waals surface area contributed by atoms with E-state index < -0.39 is 5.97 Å². The number of ketones is 1. The smallest absolute Gasteiger partial charge is 0.358 e. The third-order valence-corrected chi connectivity index (χ3v) is 5.13. The third kappa shape index (κ3) is 4.64. The summed E-state index contributed by atoms with van der Waals surface area (Å²) in [5, 5.41) is 1.11. The molecule has 1 aromatic carbocycles. The fourth-order valence-electron chi connectivity index (χ4n) is 2.67. The zero-order valence-electron chi connectivity index (χ0n) is 16.2. The number of aromatic amines is 1. The van der Waals surface area contributed by atoms with Gasteiger partial charge in [-0.15, -0.1) is 11.3 Å². The molecule has 28 heavy (non-hydrogen) atoms. The van der Waals surface area contributed by atoms with Gasteiger partial charge in [0, 0.05) is 28.5 Å². The van der Waals surface area contributed by atoms with Crippen molar-refractivity contribution in [1.82, 2.24) is 14.9 Å². The maximum atomic E-state index is 12.8. The van der Waals surface area contributed by atoms with E-state index in [-0.39, 0.29) is 23.1 Å². The highest BCUT2D eigenvalue weighted by Gasteiger charge is 2.23. The van der Waals surface area contributed by atoms with Gasteiger partial charge in [-0.3, -0.25) is 4.79 Å². The van der Waals surface area contributed by atoms with Crippen LogP contribution in [-0.2, 0) is 9.47 Å². The Labute approximate surface area is 167 Å². The molecule has 148 valence electrons. The van der Waals surface area contributed by atoms with Crippen molar-refractivity contribution in [2.45, 2.75) is 6.92 Å². The van der Waals surface area contributed by atoms with Crippen LogP contribution in [0.3, 0.4) is 0 Å². The van der Waals surface area contributed by atoms with Crippen LogP contribution in [0, 0.1) is 6.92 Å². The van der Waals surface area contributed by atoms with Crippen LogP contribution in [0.1, 0.15) is 30.7 Å². The second-order valence-corrected chi connectivity index (χ2v) is 7.76. The Kier molecular flexibility index (Phi) is 6.56. The predicted molar refractivity (Wildman–Crippen MR) is 108 cm³/mol. The Balaban J connectivity index is 1.62. The number of fused-ring (bicyclic) bond motifs is 1. The van der Waals surface area contributed by atoms with Crippen molar-refractivity contribution in [2.75, 3.05) is 40.5 Å². The molecule has 8 heteroatoms. The number of para-hydroxylation sites is 1. The van der Waals surface area contributed by atoms with E-state index in [2.05, 4.69) is 9.97 Å². The second kappa shape index (κ2) is 9.09. The van der Waals surface area contributed by atoms with Crippen molar-refractivity contribution >= 4 is 34.0 Å². The second-order valence-electron chi connectivity index (χ2n) is 6.55. The number of esters is 1. The number of thiazole rings is 1. The Morgan fingerprint density at radius 3 is 2.75 bits per heavy atom. The highest BCUT2D eigenvalue weighted by molar-refractivity contribution is 7.14. The first-order chi connectivity index (χ1) is 13.5. The molecule has 0 bridgehead atoms. The lowest BCUT2D eigenvalue weighted by atomic mass is 10.1. The average molecular weight is 401 g/mol. The van der Waals surface area contributed by atoms with Gasteiger partial charge in [-0.2, -0.15) is 0 Å². The third-order valence-electron chi connectivity index (χ3n) is 4.16. The molecule has 1 N–H and O–H groups in total. The van der Waals surface area contributed by atoms with Gasteiger partial charge in [-0.05, 0) is 27.1 Å². The Hall–Kier alpha value is -2.55. The molecule has 0 saturated heterocycles. The number of hydrogen-bond donors (Lipinski definition) is 1. The Morgan fingerprint density at radius 2 is 1.96 bits per heavy atom. The zero-order chi connectivity index (χ0) is 20.1. The van der Waals surface area contributed by atoms with Gasteiger partial charge in [-0.25, -0.2) is 9.78 Å². The number of rotatable bonds is 9. The molecule has 2 aromatic heterocycles. The van der Waals surface area contributed by atoms with Crippen LogP contribution in [0.2, 0.25) is 0 Å². The van der Waals surface area contributed by atoms with E-state index in [4.69, 9.17) is 9.47 Å². The van der Waals surface area contributed by atoms with Crippen molar-refractivity contribution in [2.24, 2.45) is 0 Å². The molecule has 0 aliphatic carbocycles. The minimum Gasteiger partial charge on any atom is -0.458 e. The van der Waals surface area contributed by atoms with Crippen LogP contribution in [-0.4, -0.2) is 67.1 Å². The van der Waals surface area contributed by atoms with E-state index in [1.165, 1.54) is 11.3 Å². The molecule has 3 rings (SSSR count). The van der Waals surface area contributed by atoms with Crippen LogP contribution in [0.15, 0.2) is 30.5 Å². The molecule has 0 spiro atoms. The van der Waals surface area contributed by atoms with E-state index in [0.29, 0.717) is 23.7 Å². The number of hydrogen-bond acceptors (Lipinski definition) is 7. The predicted octanol–water partition coefficient (Wildman–Crippen LogP) is 2.90. The molecule has 3 aromatic rings. The number of benzene rings is 1. The average Bonchev–Trinajstić information content (AvgIpc) is 3.27. The summed E-state index contributed by atoms with van der Waals surface area (Å²) in [6, 6.07) is 7.57. The first-order valence-electron chi connectivity index (χ1n) is 8.95. The minimum absolute atomic E-state index is 0.148. The first kappa shape index (κ1) is 20.2. The number of carbonyl (C=O) groups excluding carboxylic acids is 2. The van der Waals surface area contributed by atoms with E-state index in [1.54, 1.807) is 13.1 Å². The molecule has 0 amide bonds. The summed E-state index contributed by atoms with van der Waals surface area (Å²) in [5.74, 6) is -0.750. The SMILES string of the molecule is Cc1sc(C(=O)c2c[nH]c3ccccc23)nc1C(=O)OCCOCCN(C)C. The van der Waals surface area contributed by atoms with Gasteiger partial charge in [0.25, 0.3) is 0 Å². The highest BCUT2D eigenvalue weighted by atomic mass is 32.1. The summed E-state index contributed by atoms with van der Waals surface area (Å²) in [4.78, 5) is 35.1. The van der Waals surface area contributed by atoms with Crippen molar-refractivity contribution in [1.29, 1.82) is 0 Å². The molecule has 0 saturated carbocycles. The van der Waals surface area contributed by atoms with Crippen LogP contribution < -0.4 is 0 Å². The van der Waals surface area contributed by atoms with Gasteiger partial charge in [0.2, 0.25) is 5.78 Å². The van der Waals surface area contributed by atoms with Crippen molar-refractivity contribution in [3.05, 3.63) is 51.6 Å². The monoisotopic (exact) mass is 401 g/mol. The number of aromatic nitrogens is 2. The van der Waals surface area contributed by atoms with Gasteiger partial charge in [0.05, 0.1) is 18.8 Å². The van der Waals surface area contributed by atoms with Gasteiger partial charge < -0.3 is 19.4 Å². The van der Waals surface area contributed by atoms with Crippen molar-refractivity contribution in [3.8, 4) is 0 Å². The number of aryl methyl sites for hydroxylation is 1. The molecule has 0 unspecified atom stereocenters. The molecule has 0 aliphatic heterocycles.